The number of nitrogens with one attached hydrogen (secondary N) is 1. The maximum atomic E-state index is 12.0. The number of sulfonamides is 1. The van der Waals surface area contributed by atoms with Gasteiger partial charge in [0.05, 0.1) is 11.9 Å². The highest BCUT2D eigenvalue weighted by Gasteiger charge is 2.25. The molecule has 19 heavy (non-hydrogen) atoms. The van der Waals surface area contributed by atoms with Crippen molar-refractivity contribution in [3.63, 3.8) is 0 Å². The fraction of sp³-hybridized carbons (Fsp3) is 1.00. The van der Waals surface area contributed by atoms with Crippen LogP contribution in [0.5, 0.6) is 0 Å². The molecule has 0 radical (unpaired) electrons. The highest BCUT2D eigenvalue weighted by Crippen LogP contribution is 2.17. The van der Waals surface area contributed by atoms with Gasteiger partial charge >= 0.3 is 0 Å². The minimum Gasteiger partial charge on any atom is -0.378 e. The van der Waals surface area contributed by atoms with Gasteiger partial charge in [-0.2, -0.15) is 0 Å². The average Bonchev–Trinajstić information content (AvgIpc) is 3.05. The van der Waals surface area contributed by atoms with Crippen molar-refractivity contribution >= 4 is 10.0 Å². The third-order valence-electron chi connectivity index (χ3n) is 4.18. The first-order chi connectivity index (χ1) is 9.11. The molecule has 0 saturated carbocycles. The van der Waals surface area contributed by atoms with E-state index in [1.807, 2.05) is 0 Å². The Kier molecular flexibility index (Phi) is 5.62. The summed E-state index contributed by atoms with van der Waals surface area (Å²) < 4.78 is 32.1. The fourth-order valence-electron chi connectivity index (χ4n) is 3.00. The van der Waals surface area contributed by atoms with Gasteiger partial charge in [0.2, 0.25) is 10.0 Å². The molecule has 5 nitrogen and oxygen atoms in total. The molecule has 112 valence electrons. The number of hydrogen-bond acceptors (Lipinski definition) is 4. The highest BCUT2D eigenvalue weighted by molar-refractivity contribution is 7.89. The van der Waals surface area contributed by atoms with Gasteiger partial charge in [0.15, 0.2) is 0 Å². The zero-order chi connectivity index (χ0) is 13.7. The normalized spacial score (nSPS) is 29.1. The molecule has 0 aromatic carbocycles. The van der Waals surface area contributed by atoms with Crippen LogP contribution in [0.4, 0.5) is 0 Å². The predicted octanol–water partition coefficient (Wildman–Crippen LogP) is 0.959. The Morgan fingerprint density at radius 2 is 2.16 bits per heavy atom. The van der Waals surface area contributed by atoms with Crippen molar-refractivity contribution in [2.24, 2.45) is 0 Å². The second-order valence-electron chi connectivity index (χ2n) is 5.52. The molecule has 0 spiro atoms. The molecular weight excluding hydrogens is 264 g/mol. The lowest BCUT2D eigenvalue weighted by atomic mass is 10.2. The predicted molar refractivity (Wildman–Crippen MR) is 75.6 cm³/mol. The van der Waals surface area contributed by atoms with E-state index in [0.717, 1.165) is 39.0 Å². The van der Waals surface area contributed by atoms with E-state index in [1.165, 1.54) is 6.42 Å². The van der Waals surface area contributed by atoms with Crippen molar-refractivity contribution in [2.45, 2.75) is 51.2 Å². The quantitative estimate of drug-likeness (QED) is 0.759. The third-order valence-corrected chi connectivity index (χ3v) is 5.56. The standard InChI is InChI=1S/C13H26N2O3S/c1-2-15-8-3-5-12(15)11-14-19(16,17)10-7-13-6-4-9-18-13/h12-14H,2-11H2,1H3/t12-,13+/m1/s1. The minimum atomic E-state index is -3.14. The Hall–Kier alpha value is -0.170. The summed E-state index contributed by atoms with van der Waals surface area (Å²) in [5.74, 6) is 0.191. The second-order valence-corrected chi connectivity index (χ2v) is 7.44. The first kappa shape index (κ1) is 15.2. The first-order valence-corrected chi connectivity index (χ1v) is 9.09. The van der Waals surface area contributed by atoms with Crippen LogP contribution in [0.2, 0.25) is 0 Å². The number of likely N-dealkylation sites (N-methyl/N-ethyl adjacent to an activating group) is 1. The molecule has 0 aromatic rings. The van der Waals surface area contributed by atoms with Crippen LogP contribution in [0.1, 0.15) is 39.0 Å². The lowest BCUT2D eigenvalue weighted by Gasteiger charge is -2.23. The lowest BCUT2D eigenvalue weighted by molar-refractivity contribution is 0.109. The third kappa shape index (κ3) is 4.70. The Morgan fingerprint density at radius 3 is 2.84 bits per heavy atom. The summed E-state index contributed by atoms with van der Waals surface area (Å²) in [6.07, 6.45) is 5.11. The van der Waals surface area contributed by atoms with E-state index < -0.39 is 10.0 Å². The van der Waals surface area contributed by atoms with Crippen LogP contribution in [0.15, 0.2) is 0 Å². The Bertz CT molecular complexity index is 366. The molecule has 2 saturated heterocycles. The summed E-state index contributed by atoms with van der Waals surface area (Å²) in [5, 5.41) is 0. The van der Waals surface area contributed by atoms with Gasteiger partial charge in [-0.3, -0.25) is 4.90 Å². The molecule has 2 atom stereocenters. The van der Waals surface area contributed by atoms with Gasteiger partial charge in [-0.25, -0.2) is 13.1 Å². The summed E-state index contributed by atoms with van der Waals surface area (Å²) in [7, 11) is -3.14. The zero-order valence-electron chi connectivity index (χ0n) is 11.8. The highest BCUT2D eigenvalue weighted by atomic mass is 32.2. The molecule has 0 unspecified atom stereocenters. The van der Waals surface area contributed by atoms with Crippen LogP contribution >= 0.6 is 0 Å². The van der Waals surface area contributed by atoms with Crippen LogP contribution in [0, 0.1) is 0 Å². The largest absolute Gasteiger partial charge is 0.378 e. The lowest BCUT2D eigenvalue weighted by Crippen LogP contribution is -2.41. The first-order valence-electron chi connectivity index (χ1n) is 7.43. The van der Waals surface area contributed by atoms with E-state index in [2.05, 4.69) is 16.5 Å². The Balaban J connectivity index is 1.71. The maximum absolute atomic E-state index is 12.0. The smallest absolute Gasteiger partial charge is 0.211 e. The van der Waals surface area contributed by atoms with Crippen LogP contribution in [0.3, 0.4) is 0 Å². The molecular formula is C13H26N2O3S. The monoisotopic (exact) mass is 290 g/mol. The minimum absolute atomic E-state index is 0.148. The molecule has 2 fully saturated rings. The van der Waals surface area contributed by atoms with Gasteiger partial charge in [0.25, 0.3) is 0 Å². The molecule has 0 aliphatic carbocycles. The van der Waals surface area contributed by atoms with Gasteiger partial charge in [-0.1, -0.05) is 6.92 Å². The van der Waals surface area contributed by atoms with E-state index in [0.29, 0.717) is 19.0 Å². The second kappa shape index (κ2) is 7.02. The van der Waals surface area contributed by atoms with Crippen molar-refractivity contribution in [3.05, 3.63) is 0 Å². The number of likely N-dealkylation sites (tertiary alicyclic amines) is 1. The summed E-state index contributed by atoms with van der Waals surface area (Å²) in [4.78, 5) is 2.35. The summed E-state index contributed by atoms with van der Waals surface area (Å²) in [6.45, 7) is 5.57. The van der Waals surface area contributed by atoms with Crippen LogP contribution in [-0.4, -0.2) is 57.5 Å². The number of rotatable bonds is 7. The zero-order valence-corrected chi connectivity index (χ0v) is 12.6. The van der Waals surface area contributed by atoms with Crippen molar-refractivity contribution in [3.8, 4) is 0 Å². The van der Waals surface area contributed by atoms with Gasteiger partial charge in [-0.15, -0.1) is 0 Å². The number of ether oxygens (including phenoxy) is 1. The topological polar surface area (TPSA) is 58.6 Å². The molecule has 2 aliphatic heterocycles. The van der Waals surface area contributed by atoms with Crippen molar-refractivity contribution in [1.82, 2.24) is 9.62 Å². The number of hydrogen-bond donors (Lipinski definition) is 1. The molecule has 6 heteroatoms. The summed E-state index contributed by atoms with van der Waals surface area (Å²) in [6, 6.07) is 0.377. The van der Waals surface area contributed by atoms with Gasteiger partial charge in [-0.05, 0) is 45.2 Å². The van der Waals surface area contributed by atoms with Crippen molar-refractivity contribution in [1.29, 1.82) is 0 Å². The van der Waals surface area contributed by atoms with Gasteiger partial charge in [0.1, 0.15) is 0 Å². The van der Waals surface area contributed by atoms with Crippen molar-refractivity contribution in [2.75, 3.05) is 32.0 Å². The Labute approximate surface area is 116 Å². The summed E-state index contributed by atoms with van der Waals surface area (Å²) in [5.41, 5.74) is 0. The van der Waals surface area contributed by atoms with E-state index in [1.54, 1.807) is 0 Å². The van der Waals surface area contributed by atoms with Crippen molar-refractivity contribution < 1.29 is 13.2 Å². The molecule has 0 aromatic heterocycles. The van der Waals surface area contributed by atoms with E-state index in [-0.39, 0.29) is 11.9 Å². The molecule has 2 heterocycles. The average molecular weight is 290 g/mol. The van der Waals surface area contributed by atoms with Gasteiger partial charge in [0, 0.05) is 19.2 Å². The molecule has 1 N–H and O–H groups in total. The van der Waals surface area contributed by atoms with E-state index in [9.17, 15) is 8.42 Å². The molecule has 0 bridgehead atoms. The molecule has 2 rings (SSSR count). The summed E-state index contributed by atoms with van der Waals surface area (Å²) >= 11 is 0. The van der Waals surface area contributed by atoms with Gasteiger partial charge < -0.3 is 4.74 Å². The molecule has 0 amide bonds. The van der Waals surface area contributed by atoms with Crippen LogP contribution in [0.25, 0.3) is 0 Å². The fourth-order valence-corrected chi connectivity index (χ4v) is 4.16. The van der Waals surface area contributed by atoms with E-state index in [4.69, 9.17) is 4.74 Å². The molecule has 2 aliphatic rings. The SMILES string of the molecule is CCN1CCC[C@@H]1CNS(=O)(=O)CC[C@@H]1CCCO1. The van der Waals surface area contributed by atoms with Crippen LogP contribution < -0.4 is 4.72 Å². The Morgan fingerprint density at radius 1 is 1.32 bits per heavy atom. The van der Waals surface area contributed by atoms with E-state index >= 15 is 0 Å². The van der Waals surface area contributed by atoms with Crippen LogP contribution in [-0.2, 0) is 14.8 Å². The maximum Gasteiger partial charge on any atom is 0.211 e. The number of nitrogens with zero attached hydrogens (tertiary/aromatic N) is 1.